The van der Waals surface area contributed by atoms with Gasteiger partial charge in [0.2, 0.25) is 0 Å². The molecule has 0 N–H and O–H groups in total. The average Bonchev–Trinajstić information content (AvgIpc) is 2.24. The van der Waals surface area contributed by atoms with E-state index < -0.39 is 0 Å². The fourth-order valence-corrected chi connectivity index (χ4v) is 2.45. The maximum absolute atomic E-state index is 5.81. The number of hydrogen-bond donors (Lipinski definition) is 0. The zero-order valence-electron chi connectivity index (χ0n) is 8.83. The summed E-state index contributed by atoms with van der Waals surface area (Å²) in [5, 5.41) is 0. The Morgan fingerprint density at radius 1 is 1.40 bits per heavy atom. The third-order valence-corrected chi connectivity index (χ3v) is 3.33. The highest BCUT2D eigenvalue weighted by molar-refractivity contribution is 14.1. The molecule has 0 saturated carbocycles. The first-order valence-electron chi connectivity index (χ1n) is 5.30. The number of aryl methyl sites for hydroxylation is 1. The topological polar surface area (TPSA) is 18.5 Å². The minimum Gasteiger partial charge on any atom is -0.464 e. The van der Waals surface area contributed by atoms with Crippen LogP contribution in [0.1, 0.15) is 24.8 Å². The van der Waals surface area contributed by atoms with E-state index in [1.54, 1.807) is 0 Å². The van der Waals surface area contributed by atoms with Gasteiger partial charge in [0.05, 0.1) is 10.2 Å². The molecule has 1 aromatic carbocycles. The fraction of sp³-hybridized carbons (Fsp3) is 0.500. The summed E-state index contributed by atoms with van der Waals surface area (Å²) in [6.07, 6.45) is 3.32. The Kier molecular flexibility index (Phi) is 3.86. The van der Waals surface area contributed by atoms with Crippen LogP contribution in [0.2, 0.25) is 0 Å². The van der Waals surface area contributed by atoms with Gasteiger partial charge < -0.3 is 9.47 Å². The largest absolute Gasteiger partial charge is 0.464 e. The van der Waals surface area contributed by atoms with Crippen molar-refractivity contribution in [3.63, 3.8) is 0 Å². The highest BCUT2D eigenvalue weighted by atomic mass is 127. The molecular weight excluding hydrogens is 303 g/mol. The van der Waals surface area contributed by atoms with E-state index >= 15 is 0 Å². The van der Waals surface area contributed by atoms with Gasteiger partial charge in [0.15, 0.2) is 6.29 Å². The molecule has 2 rings (SSSR count). The Bertz CT molecular complexity index is 332. The molecule has 0 bridgehead atoms. The van der Waals surface area contributed by atoms with Gasteiger partial charge in [-0.15, -0.1) is 0 Å². The van der Waals surface area contributed by atoms with Crippen molar-refractivity contribution in [2.45, 2.75) is 32.5 Å². The van der Waals surface area contributed by atoms with Crippen LogP contribution in [0.25, 0.3) is 0 Å². The lowest BCUT2D eigenvalue weighted by Crippen LogP contribution is -2.25. The fourth-order valence-electron chi connectivity index (χ4n) is 1.65. The summed E-state index contributed by atoms with van der Waals surface area (Å²) < 4.78 is 12.5. The van der Waals surface area contributed by atoms with Crippen molar-refractivity contribution < 1.29 is 9.47 Å². The monoisotopic (exact) mass is 318 g/mol. The molecule has 1 fully saturated rings. The van der Waals surface area contributed by atoms with Crippen molar-refractivity contribution in [1.82, 2.24) is 0 Å². The molecular formula is C12H15IO2. The summed E-state index contributed by atoms with van der Waals surface area (Å²) in [7, 11) is 0. The number of benzene rings is 1. The molecule has 1 aliphatic heterocycles. The first-order valence-corrected chi connectivity index (χ1v) is 6.38. The van der Waals surface area contributed by atoms with Crippen molar-refractivity contribution in [2.75, 3.05) is 6.61 Å². The third kappa shape index (κ3) is 3.08. The van der Waals surface area contributed by atoms with Gasteiger partial charge in [-0.05, 0) is 60.1 Å². The van der Waals surface area contributed by atoms with Gasteiger partial charge in [-0.25, -0.2) is 0 Å². The van der Waals surface area contributed by atoms with Gasteiger partial charge >= 0.3 is 0 Å². The van der Waals surface area contributed by atoms with E-state index in [0.717, 1.165) is 28.8 Å². The summed E-state index contributed by atoms with van der Waals surface area (Å²) in [5.41, 5.74) is 1.26. The molecule has 1 aromatic rings. The molecule has 2 nitrogen and oxygen atoms in total. The van der Waals surface area contributed by atoms with Crippen LogP contribution in [0.5, 0.6) is 5.75 Å². The maximum atomic E-state index is 5.81. The third-order valence-electron chi connectivity index (χ3n) is 2.48. The standard InChI is InChI=1S/C12H15IO2/c1-9-5-6-11(10(13)8-9)15-12-4-2-3-7-14-12/h5-6,8,12H,2-4,7H2,1H3. The zero-order valence-corrected chi connectivity index (χ0v) is 11.0. The normalized spacial score (nSPS) is 21.3. The molecule has 82 valence electrons. The lowest BCUT2D eigenvalue weighted by Gasteiger charge is -2.24. The molecule has 0 amide bonds. The Morgan fingerprint density at radius 2 is 2.27 bits per heavy atom. The number of ether oxygens (including phenoxy) is 2. The number of halogens is 1. The average molecular weight is 318 g/mol. The number of hydrogen-bond acceptors (Lipinski definition) is 2. The van der Waals surface area contributed by atoms with Gasteiger partial charge in [0.1, 0.15) is 5.75 Å². The Labute approximate surface area is 104 Å². The summed E-state index contributed by atoms with van der Waals surface area (Å²) in [5.74, 6) is 0.938. The van der Waals surface area contributed by atoms with Gasteiger partial charge in [0, 0.05) is 6.42 Å². The van der Waals surface area contributed by atoms with Crippen LogP contribution in [0, 0.1) is 10.5 Å². The summed E-state index contributed by atoms with van der Waals surface area (Å²) in [6.45, 7) is 2.91. The first-order chi connectivity index (χ1) is 7.25. The summed E-state index contributed by atoms with van der Waals surface area (Å²) in [6, 6.07) is 6.22. The second-order valence-corrected chi connectivity index (χ2v) is 5.01. The van der Waals surface area contributed by atoms with Gasteiger partial charge in [0.25, 0.3) is 0 Å². The lowest BCUT2D eigenvalue weighted by atomic mass is 10.2. The highest BCUT2D eigenvalue weighted by Crippen LogP contribution is 2.25. The molecule has 15 heavy (non-hydrogen) atoms. The molecule has 0 aromatic heterocycles. The highest BCUT2D eigenvalue weighted by Gasteiger charge is 2.16. The molecule has 1 saturated heterocycles. The van der Waals surface area contributed by atoms with Crippen LogP contribution in [-0.2, 0) is 4.74 Å². The summed E-state index contributed by atoms with van der Waals surface area (Å²) in [4.78, 5) is 0. The maximum Gasteiger partial charge on any atom is 0.199 e. The second-order valence-electron chi connectivity index (χ2n) is 3.85. The Balaban J connectivity index is 2.03. The minimum absolute atomic E-state index is 0.0463. The van der Waals surface area contributed by atoms with Crippen molar-refractivity contribution >= 4 is 22.6 Å². The predicted molar refractivity (Wildman–Crippen MR) is 68.1 cm³/mol. The van der Waals surface area contributed by atoms with Crippen LogP contribution >= 0.6 is 22.6 Å². The molecule has 1 unspecified atom stereocenters. The van der Waals surface area contributed by atoms with E-state index in [1.807, 2.05) is 6.07 Å². The van der Waals surface area contributed by atoms with Crippen molar-refractivity contribution in [3.05, 3.63) is 27.3 Å². The van der Waals surface area contributed by atoms with Crippen LogP contribution in [0.15, 0.2) is 18.2 Å². The molecule has 1 heterocycles. The molecule has 1 aliphatic rings. The molecule has 3 heteroatoms. The SMILES string of the molecule is Cc1ccc(OC2CCCCO2)c(I)c1. The molecule has 1 atom stereocenters. The lowest BCUT2D eigenvalue weighted by molar-refractivity contribution is -0.106. The van der Waals surface area contributed by atoms with Crippen LogP contribution in [0.3, 0.4) is 0 Å². The van der Waals surface area contributed by atoms with Crippen molar-refractivity contribution in [2.24, 2.45) is 0 Å². The molecule has 0 spiro atoms. The van der Waals surface area contributed by atoms with Crippen molar-refractivity contribution in [3.8, 4) is 5.75 Å². The quantitative estimate of drug-likeness (QED) is 0.777. The van der Waals surface area contributed by atoms with Crippen LogP contribution < -0.4 is 4.74 Å². The zero-order chi connectivity index (χ0) is 10.7. The molecule has 0 radical (unpaired) electrons. The van der Waals surface area contributed by atoms with E-state index in [2.05, 4.69) is 41.6 Å². The minimum atomic E-state index is -0.0463. The molecule has 0 aliphatic carbocycles. The smallest absolute Gasteiger partial charge is 0.199 e. The second kappa shape index (κ2) is 5.16. The van der Waals surface area contributed by atoms with Crippen LogP contribution in [-0.4, -0.2) is 12.9 Å². The van der Waals surface area contributed by atoms with E-state index in [9.17, 15) is 0 Å². The van der Waals surface area contributed by atoms with Crippen LogP contribution in [0.4, 0.5) is 0 Å². The predicted octanol–water partition coefficient (Wildman–Crippen LogP) is 3.51. The van der Waals surface area contributed by atoms with E-state index in [1.165, 1.54) is 12.0 Å². The first kappa shape index (κ1) is 11.2. The van der Waals surface area contributed by atoms with Gasteiger partial charge in [-0.3, -0.25) is 0 Å². The van der Waals surface area contributed by atoms with Gasteiger partial charge in [-0.1, -0.05) is 6.07 Å². The van der Waals surface area contributed by atoms with E-state index in [0.29, 0.717) is 0 Å². The summed E-state index contributed by atoms with van der Waals surface area (Å²) >= 11 is 2.30. The van der Waals surface area contributed by atoms with E-state index in [-0.39, 0.29) is 6.29 Å². The Morgan fingerprint density at radius 3 is 2.93 bits per heavy atom. The Hall–Kier alpha value is -0.290. The van der Waals surface area contributed by atoms with Crippen molar-refractivity contribution in [1.29, 1.82) is 0 Å². The van der Waals surface area contributed by atoms with Gasteiger partial charge in [-0.2, -0.15) is 0 Å². The number of rotatable bonds is 2. The van der Waals surface area contributed by atoms with E-state index in [4.69, 9.17) is 9.47 Å².